The van der Waals surface area contributed by atoms with Crippen molar-refractivity contribution in [2.24, 2.45) is 28.6 Å². The second kappa shape index (κ2) is 9.13. The molecule has 0 radical (unpaired) electrons. The minimum absolute atomic E-state index is 0.0205. The van der Waals surface area contributed by atoms with E-state index in [1.54, 1.807) is 4.31 Å². The van der Waals surface area contributed by atoms with Gasteiger partial charge in [0.25, 0.3) is 0 Å². The number of sulfonamides is 1. The van der Waals surface area contributed by atoms with Crippen molar-refractivity contribution in [1.82, 2.24) is 14.5 Å². The number of amides is 1. The molecule has 3 aliphatic carbocycles. The molecular weight excluding hydrogens is 522 g/mol. The van der Waals surface area contributed by atoms with Gasteiger partial charge in [0.2, 0.25) is 15.9 Å². The first-order valence-corrected chi connectivity index (χ1v) is 17.1. The lowest BCUT2D eigenvalue weighted by Crippen LogP contribution is -2.61. The molecule has 7 nitrogen and oxygen atoms in total. The Morgan fingerprint density at radius 3 is 2.45 bits per heavy atom. The van der Waals surface area contributed by atoms with E-state index in [0.717, 1.165) is 51.7 Å². The van der Waals surface area contributed by atoms with E-state index in [2.05, 4.69) is 60.5 Å². The summed E-state index contributed by atoms with van der Waals surface area (Å²) in [6.45, 7) is 8.40. The molecule has 2 N–H and O–H groups in total. The van der Waals surface area contributed by atoms with Gasteiger partial charge in [0.1, 0.15) is 0 Å². The molecule has 218 valence electrons. The maximum atomic E-state index is 14.1. The summed E-state index contributed by atoms with van der Waals surface area (Å²) in [7, 11) is -3.61. The molecule has 4 atom stereocenters. The molecule has 1 aromatic carbocycles. The van der Waals surface area contributed by atoms with Crippen molar-refractivity contribution in [2.45, 2.75) is 69.8 Å². The topological polar surface area (TPSA) is 90.0 Å². The van der Waals surface area contributed by atoms with Crippen LogP contribution in [0.25, 0.3) is 6.08 Å². The third-order valence-corrected chi connectivity index (χ3v) is 14.7. The summed E-state index contributed by atoms with van der Waals surface area (Å²) >= 11 is 0. The van der Waals surface area contributed by atoms with E-state index in [9.17, 15) is 18.3 Å². The van der Waals surface area contributed by atoms with Crippen LogP contribution in [-0.2, 0) is 20.2 Å². The minimum atomic E-state index is -3.61. The third kappa shape index (κ3) is 3.85. The van der Waals surface area contributed by atoms with E-state index in [-0.39, 0.29) is 40.9 Å². The van der Waals surface area contributed by atoms with Crippen LogP contribution in [0.1, 0.15) is 69.9 Å². The minimum Gasteiger partial charge on any atom is -0.387 e. The fourth-order valence-corrected chi connectivity index (χ4v) is 12.3. The molecule has 40 heavy (non-hydrogen) atoms. The number of aliphatic hydroxyl groups is 1. The molecule has 8 rings (SSSR count). The Morgan fingerprint density at radius 2 is 1.77 bits per heavy atom. The summed E-state index contributed by atoms with van der Waals surface area (Å²) in [6, 6.07) is 8.45. The molecule has 4 aliphatic heterocycles. The number of carbonyl (C=O) groups is 1. The summed E-state index contributed by atoms with van der Waals surface area (Å²) in [4.78, 5) is 15.7. The van der Waals surface area contributed by atoms with Crippen molar-refractivity contribution in [3.63, 3.8) is 0 Å². The second-order valence-corrected chi connectivity index (χ2v) is 16.4. The quantitative estimate of drug-likeness (QED) is 0.550. The Morgan fingerprint density at radius 1 is 1.05 bits per heavy atom. The average Bonchev–Trinajstić information content (AvgIpc) is 3.48. The fraction of sp³-hybridized carbons (Fsp3) is 0.719. The molecule has 7 aliphatic rings. The van der Waals surface area contributed by atoms with Gasteiger partial charge in [-0.15, -0.1) is 0 Å². The van der Waals surface area contributed by atoms with E-state index in [1.807, 2.05) is 0 Å². The Hall–Kier alpha value is -1.74. The van der Waals surface area contributed by atoms with Crippen molar-refractivity contribution in [2.75, 3.05) is 45.0 Å². The molecule has 1 spiro atoms. The number of nitrogens with one attached hydrogen (secondary N) is 1. The van der Waals surface area contributed by atoms with Crippen LogP contribution in [0.4, 0.5) is 0 Å². The molecule has 8 heteroatoms. The molecule has 6 fully saturated rings. The largest absolute Gasteiger partial charge is 0.387 e. The predicted octanol–water partition coefficient (Wildman–Crippen LogP) is 3.39. The maximum Gasteiger partial charge on any atom is 0.224 e. The van der Waals surface area contributed by atoms with Crippen molar-refractivity contribution < 1.29 is 18.3 Å². The van der Waals surface area contributed by atoms with Crippen LogP contribution in [-0.4, -0.2) is 79.3 Å². The number of allylic oxidation sites excluding steroid dienone is 1. The first-order chi connectivity index (χ1) is 19.0. The highest BCUT2D eigenvalue weighted by molar-refractivity contribution is 7.89. The lowest BCUT2D eigenvalue weighted by molar-refractivity contribution is -0.135. The molecule has 4 saturated heterocycles. The molecule has 4 bridgehead atoms. The van der Waals surface area contributed by atoms with Crippen LogP contribution < -0.4 is 5.32 Å². The SMILES string of the molecule is CC1(C)[C@@H]2CC[C@@]1(CS(=O)(=O)N1CCC3(C=Cc4ccccc43)CC1)[C@@](O)(CNC(=O)C1CN3CCC1CC3)C2. The van der Waals surface area contributed by atoms with Gasteiger partial charge in [0.15, 0.2) is 0 Å². The van der Waals surface area contributed by atoms with Crippen LogP contribution >= 0.6 is 0 Å². The Balaban J connectivity index is 1.08. The predicted molar refractivity (Wildman–Crippen MR) is 156 cm³/mol. The molecular formula is C32H45N3O4S. The van der Waals surface area contributed by atoms with Gasteiger partial charge in [-0.1, -0.05) is 50.3 Å². The Labute approximate surface area is 239 Å². The van der Waals surface area contributed by atoms with Crippen molar-refractivity contribution in [3.05, 3.63) is 41.5 Å². The van der Waals surface area contributed by atoms with Gasteiger partial charge in [0.05, 0.1) is 17.3 Å². The summed E-state index contributed by atoms with van der Waals surface area (Å²) in [5.74, 6) is 0.649. The van der Waals surface area contributed by atoms with Gasteiger partial charge in [-0.3, -0.25) is 4.79 Å². The first kappa shape index (κ1) is 27.1. The number of benzene rings is 1. The van der Waals surface area contributed by atoms with E-state index < -0.39 is 21.0 Å². The van der Waals surface area contributed by atoms with Crippen LogP contribution in [0, 0.1) is 28.6 Å². The lowest BCUT2D eigenvalue weighted by atomic mass is 9.64. The molecule has 0 aromatic heterocycles. The van der Waals surface area contributed by atoms with Crippen LogP contribution in [0.15, 0.2) is 30.3 Å². The van der Waals surface area contributed by atoms with E-state index in [4.69, 9.17) is 0 Å². The number of carbonyl (C=O) groups excluding carboxylic acids is 1. The number of piperidine rings is 4. The third-order valence-electron chi connectivity index (χ3n) is 12.7. The lowest BCUT2D eigenvalue weighted by Gasteiger charge is -2.49. The molecule has 1 unspecified atom stereocenters. The molecule has 1 aromatic rings. The van der Waals surface area contributed by atoms with Crippen LogP contribution in [0.2, 0.25) is 0 Å². The van der Waals surface area contributed by atoms with Gasteiger partial charge in [-0.25, -0.2) is 12.7 Å². The highest BCUT2D eigenvalue weighted by Crippen LogP contribution is 2.70. The summed E-state index contributed by atoms with van der Waals surface area (Å²) in [5, 5.41) is 15.4. The number of hydrogen-bond acceptors (Lipinski definition) is 5. The standard InChI is InChI=1S/C32H45N3O4S/c1-29(2)25-8-12-31(29,32(37,19-25)21-33-28(36)26-20-34-15-9-23(26)10-16-34)22-40(38,39)35-17-13-30(14-18-35)11-7-24-5-3-4-6-27(24)30/h3-7,11,23,25-26,37H,8-10,12-22H2,1-2H3,(H,33,36)/t25-,26?,31+,32+/m1/s1. The highest BCUT2D eigenvalue weighted by atomic mass is 32.2. The Kier molecular flexibility index (Phi) is 6.19. The van der Waals surface area contributed by atoms with Crippen LogP contribution in [0.3, 0.4) is 0 Å². The van der Waals surface area contributed by atoms with Gasteiger partial charge >= 0.3 is 0 Å². The second-order valence-electron chi connectivity index (χ2n) is 14.5. The zero-order valence-electron chi connectivity index (χ0n) is 24.1. The van der Waals surface area contributed by atoms with Crippen molar-refractivity contribution >= 4 is 22.0 Å². The number of rotatable bonds is 6. The zero-order chi connectivity index (χ0) is 28.0. The van der Waals surface area contributed by atoms with E-state index in [1.165, 1.54) is 11.1 Å². The van der Waals surface area contributed by atoms with Gasteiger partial charge in [-0.05, 0) is 86.4 Å². The smallest absolute Gasteiger partial charge is 0.224 e. The first-order valence-electron chi connectivity index (χ1n) is 15.5. The monoisotopic (exact) mass is 567 g/mol. The molecule has 1 amide bonds. The summed E-state index contributed by atoms with van der Waals surface area (Å²) < 4.78 is 29.9. The number of nitrogens with zero attached hydrogens (tertiary/aromatic N) is 2. The van der Waals surface area contributed by atoms with Crippen LogP contribution in [0.5, 0.6) is 0 Å². The zero-order valence-corrected chi connectivity index (χ0v) is 24.9. The average molecular weight is 568 g/mol. The van der Waals surface area contributed by atoms with Gasteiger partial charge in [-0.2, -0.15) is 0 Å². The normalized spacial score (nSPS) is 39.1. The molecule has 2 saturated carbocycles. The summed E-state index contributed by atoms with van der Waals surface area (Å²) in [5.41, 5.74) is 0.161. The van der Waals surface area contributed by atoms with E-state index in [0.29, 0.717) is 31.8 Å². The van der Waals surface area contributed by atoms with E-state index >= 15 is 0 Å². The van der Waals surface area contributed by atoms with Gasteiger partial charge < -0.3 is 15.3 Å². The Bertz CT molecular complexity index is 1330. The van der Waals surface area contributed by atoms with Gasteiger partial charge in [0, 0.05) is 37.0 Å². The maximum absolute atomic E-state index is 14.1. The van der Waals surface area contributed by atoms with Crippen molar-refractivity contribution in [3.8, 4) is 0 Å². The fourth-order valence-electron chi connectivity index (χ4n) is 9.98. The highest BCUT2D eigenvalue weighted by Gasteiger charge is 2.72. The number of hydrogen-bond donors (Lipinski definition) is 2. The number of fused-ring (bicyclic) bond motifs is 7. The summed E-state index contributed by atoms with van der Waals surface area (Å²) in [6.07, 6.45) is 10.3. The van der Waals surface area contributed by atoms with Crippen molar-refractivity contribution in [1.29, 1.82) is 0 Å². The molecule has 4 heterocycles.